The fourth-order valence-electron chi connectivity index (χ4n) is 4.00. The smallest absolute Gasteiger partial charge is 0.263 e. The van der Waals surface area contributed by atoms with Crippen molar-refractivity contribution in [1.29, 1.82) is 0 Å². The van der Waals surface area contributed by atoms with E-state index in [1.807, 2.05) is 26.5 Å². The molecule has 2 saturated heterocycles. The second-order valence-electron chi connectivity index (χ2n) is 7.52. The van der Waals surface area contributed by atoms with Crippen molar-refractivity contribution in [2.75, 3.05) is 18.8 Å². The van der Waals surface area contributed by atoms with Crippen LogP contribution in [0, 0.1) is 0 Å². The average Bonchev–Trinajstić information content (AvgIpc) is 3.25. The monoisotopic (exact) mass is 418 g/mol. The van der Waals surface area contributed by atoms with E-state index in [0.717, 1.165) is 44.0 Å². The SMILES string of the molecule is O=C(CCCC[C@H]1CCSS1)N1CCC(n2cnc3ncccc3c2=O)CC1. The summed E-state index contributed by atoms with van der Waals surface area (Å²) in [5.41, 5.74) is 0.455. The molecule has 2 aromatic rings. The number of carbonyl (C=O) groups excluding carboxylic acids is 1. The van der Waals surface area contributed by atoms with Crippen molar-refractivity contribution >= 4 is 38.5 Å². The van der Waals surface area contributed by atoms with Crippen molar-refractivity contribution < 1.29 is 4.79 Å². The van der Waals surface area contributed by atoms with Gasteiger partial charge in [-0.05, 0) is 44.2 Å². The minimum Gasteiger partial charge on any atom is -0.343 e. The maximum absolute atomic E-state index is 12.7. The lowest BCUT2D eigenvalue weighted by Crippen LogP contribution is -2.40. The van der Waals surface area contributed by atoms with Crippen LogP contribution < -0.4 is 5.56 Å². The van der Waals surface area contributed by atoms with Crippen molar-refractivity contribution in [3.63, 3.8) is 0 Å². The first-order valence-electron chi connectivity index (χ1n) is 10.1. The maximum atomic E-state index is 12.7. The highest BCUT2D eigenvalue weighted by atomic mass is 33.1. The predicted molar refractivity (Wildman–Crippen MR) is 116 cm³/mol. The second-order valence-corrected chi connectivity index (χ2v) is 10.3. The molecule has 0 spiro atoms. The summed E-state index contributed by atoms with van der Waals surface area (Å²) >= 11 is 0. The Kier molecular flexibility index (Phi) is 6.57. The van der Waals surface area contributed by atoms with E-state index in [-0.39, 0.29) is 17.5 Å². The number of aromatic nitrogens is 3. The number of likely N-dealkylation sites (tertiary alicyclic amines) is 1. The van der Waals surface area contributed by atoms with E-state index in [1.54, 1.807) is 29.2 Å². The van der Waals surface area contributed by atoms with Crippen LogP contribution in [0.15, 0.2) is 29.5 Å². The van der Waals surface area contributed by atoms with Crippen LogP contribution in [0.25, 0.3) is 11.0 Å². The Morgan fingerprint density at radius 3 is 2.82 bits per heavy atom. The van der Waals surface area contributed by atoms with Gasteiger partial charge in [-0.1, -0.05) is 28.0 Å². The quantitative estimate of drug-likeness (QED) is 0.527. The summed E-state index contributed by atoms with van der Waals surface area (Å²) in [7, 11) is 3.99. The predicted octanol–water partition coefficient (Wildman–Crippen LogP) is 3.67. The molecule has 4 rings (SSSR count). The molecular weight excluding hydrogens is 392 g/mol. The zero-order valence-corrected chi connectivity index (χ0v) is 17.6. The molecule has 0 radical (unpaired) electrons. The summed E-state index contributed by atoms with van der Waals surface area (Å²) in [5, 5.41) is 1.35. The maximum Gasteiger partial charge on any atom is 0.263 e. The van der Waals surface area contributed by atoms with E-state index < -0.39 is 0 Å². The van der Waals surface area contributed by atoms with Crippen molar-refractivity contribution in [3.05, 3.63) is 35.0 Å². The topological polar surface area (TPSA) is 68.1 Å². The minimum atomic E-state index is -0.0363. The van der Waals surface area contributed by atoms with Gasteiger partial charge in [-0.25, -0.2) is 9.97 Å². The van der Waals surface area contributed by atoms with Crippen LogP contribution >= 0.6 is 21.6 Å². The molecule has 0 saturated carbocycles. The van der Waals surface area contributed by atoms with Gasteiger partial charge in [0.1, 0.15) is 6.33 Å². The zero-order chi connectivity index (χ0) is 19.3. The molecule has 0 bridgehead atoms. The first-order valence-corrected chi connectivity index (χ1v) is 12.5. The van der Waals surface area contributed by atoms with Crippen LogP contribution in [0.3, 0.4) is 0 Å². The number of hydrogen-bond acceptors (Lipinski definition) is 6. The van der Waals surface area contributed by atoms with Crippen LogP contribution in [-0.4, -0.2) is 49.4 Å². The molecule has 0 unspecified atom stereocenters. The zero-order valence-electron chi connectivity index (χ0n) is 16.0. The van der Waals surface area contributed by atoms with Crippen molar-refractivity contribution in [2.24, 2.45) is 0 Å². The average molecular weight is 419 g/mol. The Morgan fingerprint density at radius 1 is 1.18 bits per heavy atom. The molecule has 4 heterocycles. The van der Waals surface area contributed by atoms with Gasteiger partial charge in [0.15, 0.2) is 5.65 Å². The molecule has 8 heteroatoms. The fourth-order valence-corrected chi connectivity index (χ4v) is 7.03. The Balaban J connectivity index is 1.26. The summed E-state index contributed by atoms with van der Waals surface area (Å²) in [5.74, 6) is 1.54. The lowest BCUT2D eigenvalue weighted by molar-refractivity contribution is -0.132. The number of amides is 1. The molecule has 28 heavy (non-hydrogen) atoms. The second kappa shape index (κ2) is 9.31. The molecule has 0 aromatic carbocycles. The van der Waals surface area contributed by atoms with Crippen LogP contribution in [0.4, 0.5) is 0 Å². The number of fused-ring (bicyclic) bond motifs is 1. The number of hydrogen-bond donors (Lipinski definition) is 0. The first kappa shape index (κ1) is 19.8. The Hall–Kier alpha value is -1.54. The standard InChI is InChI=1S/C20H26N4O2S2/c25-18(6-2-1-4-16-9-13-27-28-16)23-11-7-15(8-12-23)24-14-22-19-17(20(24)26)5-3-10-21-19/h3,5,10,14-16H,1-2,4,6-9,11-13H2/t16-/m0/s1. The van der Waals surface area contributed by atoms with Gasteiger partial charge in [-0.15, -0.1) is 0 Å². The number of rotatable bonds is 6. The van der Waals surface area contributed by atoms with E-state index in [2.05, 4.69) is 9.97 Å². The van der Waals surface area contributed by atoms with Gasteiger partial charge in [0.25, 0.3) is 5.56 Å². The van der Waals surface area contributed by atoms with Crippen molar-refractivity contribution in [1.82, 2.24) is 19.4 Å². The number of carbonyl (C=O) groups is 1. The summed E-state index contributed by atoms with van der Waals surface area (Å²) in [6, 6.07) is 3.64. The molecule has 2 aromatic heterocycles. The number of nitrogens with zero attached hydrogens (tertiary/aromatic N) is 4. The molecule has 150 valence electrons. The fraction of sp³-hybridized carbons (Fsp3) is 0.600. The van der Waals surface area contributed by atoms with E-state index in [9.17, 15) is 9.59 Å². The van der Waals surface area contributed by atoms with Gasteiger partial charge in [0.05, 0.1) is 5.39 Å². The van der Waals surface area contributed by atoms with Crippen LogP contribution in [0.2, 0.25) is 0 Å². The number of unbranched alkanes of at least 4 members (excludes halogenated alkanes) is 1. The van der Waals surface area contributed by atoms with Gasteiger partial charge in [-0.3, -0.25) is 14.2 Å². The lowest BCUT2D eigenvalue weighted by Gasteiger charge is -2.33. The number of pyridine rings is 1. The highest BCUT2D eigenvalue weighted by molar-refractivity contribution is 8.77. The van der Waals surface area contributed by atoms with Crippen LogP contribution in [-0.2, 0) is 4.79 Å². The minimum absolute atomic E-state index is 0.0363. The normalized spacial score (nSPS) is 20.7. The summed E-state index contributed by atoms with van der Waals surface area (Å²) < 4.78 is 1.73. The van der Waals surface area contributed by atoms with Crippen LogP contribution in [0.5, 0.6) is 0 Å². The van der Waals surface area contributed by atoms with Gasteiger partial charge in [0, 0.05) is 42.8 Å². The van der Waals surface area contributed by atoms with Gasteiger partial charge >= 0.3 is 0 Å². The van der Waals surface area contributed by atoms with E-state index in [1.165, 1.54) is 18.6 Å². The Labute approximate surface area is 172 Å². The van der Waals surface area contributed by atoms with E-state index in [0.29, 0.717) is 17.5 Å². The Morgan fingerprint density at radius 2 is 2.04 bits per heavy atom. The lowest BCUT2D eigenvalue weighted by atomic mass is 10.0. The molecule has 0 aliphatic carbocycles. The van der Waals surface area contributed by atoms with Gasteiger partial charge in [0.2, 0.25) is 5.91 Å². The summed E-state index contributed by atoms with van der Waals surface area (Å²) in [4.78, 5) is 35.7. The first-order chi connectivity index (χ1) is 13.7. The van der Waals surface area contributed by atoms with Gasteiger partial charge < -0.3 is 4.90 Å². The third-order valence-corrected chi connectivity index (χ3v) is 8.67. The third-order valence-electron chi connectivity index (χ3n) is 5.66. The van der Waals surface area contributed by atoms with E-state index in [4.69, 9.17) is 0 Å². The van der Waals surface area contributed by atoms with E-state index >= 15 is 0 Å². The summed E-state index contributed by atoms with van der Waals surface area (Å²) in [6.45, 7) is 1.44. The molecule has 2 aliphatic rings. The molecule has 2 fully saturated rings. The van der Waals surface area contributed by atoms with Gasteiger partial charge in [-0.2, -0.15) is 0 Å². The summed E-state index contributed by atoms with van der Waals surface area (Å²) in [6.07, 6.45) is 10.2. The number of piperidine rings is 1. The molecule has 0 N–H and O–H groups in total. The largest absolute Gasteiger partial charge is 0.343 e. The highest BCUT2D eigenvalue weighted by Gasteiger charge is 2.25. The molecule has 1 amide bonds. The molecule has 1 atom stereocenters. The molecular formula is C20H26N4O2S2. The Bertz CT molecular complexity index is 874. The van der Waals surface area contributed by atoms with Crippen molar-refractivity contribution in [2.45, 2.75) is 56.2 Å². The van der Waals surface area contributed by atoms with Crippen LogP contribution in [0.1, 0.15) is 51.0 Å². The molecule has 2 aliphatic heterocycles. The highest BCUT2D eigenvalue weighted by Crippen LogP contribution is 2.39. The van der Waals surface area contributed by atoms with Crippen molar-refractivity contribution in [3.8, 4) is 0 Å². The molecule has 6 nitrogen and oxygen atoms in total. The third kappa shape index (κ3) is 4.54.